The number of anilines is 2. The van der Waals surface area contributed by atoms with Crippen LogP contribution < -0.4 is 10.2 Å². The molecule has 1 aromatic carbocycles. The fourth-order valence-electron chi connectivity index (χ4n) is 1.89. The lowest BCUT2D eigenvalue weighted by molar-refractivity contribution is 0.805. The molecule has 19 heavy (non-hydrogen) atoms. The lowest BCUT2D eigenvalue weighted by atomic mass is 10.1. The summed E-state index contributed by atoms with van der Waals surface area (Å²) in [4.78, 5) is 10.8. The maximum absolute atomic E-state index is 4.39. The Balaban J connectivity index is 2.15. The Bertz CT molecular complexity index is 505. The Morgan fingerprint density at radius 1 is 1.05 bits per heavy atom. The van der Waals surface area contributed by atoms with Crippen LogP contribution in [0.1, 0.15) is 18.1 Å². The van der Waals surface area contributed by atoms with E-state index in [2.05, 4.69) is 46.5 Å². The summed E-state index contributed by atoms with van der Waals surface area (Å²) >= 11 is 0. The van der Waals surface area contributed by atoms with E-state index in [0.717, 1.165) is 24.2 Å². The highest BCUT2D eigenvalue weighted by Gasteiger charge is 2.06. The lowest BCUT2D eigenvalue weighted by Gasteiger charge is -2.17. The zero-order chi connectivity index (χ0) is 13.7. The highest BCUT2D eigenvalue weighted by Crippen LogP contribution is 2.20. The molecule has 0 saturated heterocycles. The van der Waals surface area contributed by atoms with Gasteiger partial charge in [-0.25, -0.2) is 9.97 Å². The van der Waals surface area contributed by atoms with Gasteiger partial charge in [0.15, 0.2) is 0 Å². The first-order valence-electron chi connectivity index (χ1n) is 6.52. The molecule has 1 heterocycles. The predicted molar refractivity (Wildman–Crippen MR) is 78.7 cm³/mol. The standard InChI is InChI=1S/C15H20N4/c1-4-12-5-7-14(8-6-12)19(3)15-17-10-13(9-16-2)11-18-15/h5-8,10-11,16H,4,9H2,1-3H3. The Kier molecular flexibility index (Phi) is 4.47. The first kappa shape index (κ1) is 13.5. The van der Waals surface area contributed by atoms with Crippen molar-refractivity contribution in [2.45, 2.75) is 19.9 Å². The molecule has 0 radical (unpaired) electrons. The van der Waals surface area contributed by atoms with Gasteiger partial charge in [0.2, 0.25) is 5.95 Å². The Hall–Kier alpha value is -1.94. The second kappa shape index (κ2) is 6.29. The zero-order valence-corrected chi connectivity index (χ0v) is 11.7. The molecule has 4 heteroatoms. The molecule has 4 nitrogen and oxygen atoms in total. The maximum atomic E-state index is 4.39. The zero-order valence-electron chi connectivity index (χ0n) is 11.7. The summed E-state index contributed by atoms with van der Waals surface area (Å²) in [6, 6.07) is 8.48. The smallest absolute Gasteiger partial charge is 0.229 e. The molecule has 0 amide bonds. The molecular weight excluding hydrogens is 236 g/mol. The first-order chi connectivity index (χ1) is 9.24. The third kappa shape index (κ3) is 3.29. The van der Waals surface area contributed by atoms with Gasteiger partial charge in [0.05, 0.1) is 0 Å². The van der Waals surface area contributed by atoms with Crippen molar-refractivity contribution in [3.05, 3.63) is 47.8 Å². The highest BCUT2D eigenvalue weighted by molar-refractivity contribution is 5.56. The van der Waals surface area contributed by atoms with Crippen molar-refractivity contribution < 1.29 is 0 Å². The van der Waals surface area contributed by atoms with E-state index in [4.69, 9.17) is 0 Å². The van der Waals surface area contributed by atoms with E-state index in [9.17, 15) is 0 Å². The van der Waals surface area contributed by atoms with Crippen molar-refractivity contribution in [2.24, 2.45) is 0 Å². The molecule has 0 aliphatic rings. The fourth-order valence-corrected chi connectivity index (χ4v) is 1.89. The van der Waals surface area contributed by atoms with Crippen molar-refractivity contribution in [3.63, 3.8) is 0 Å². The number of nitrogens with zero attached hydrogens (tertiary/aromatic N) is 3. The van der Waals surface area contributed by atoms with Crippen LogP contribution in [-0.4, -0.2) is 24.1 Å². The molecule has 2 aromatic rings. The van der Waals surface area contributed by atoms with Gasteiger partial charge in [0.25, 0.3) is 0 Å². The number of hydrogen-bond donors (Lipinski definition) is 1. The molecule has 100 valence electrons. The van der Waals surface area contributed by atoms with Crippen LogP contribution in [0.25, 0.3) is 0 Å². The summed E-state index contributed by atoms with van der Waals surface area (Å²) in [6.45, 7) is 2.94. The van der Waals surface area contributed by atoms with Crippen molar-refractivity contribution in [1.29, 1.82) is 0 Å². The molecule has 0 spiro atoms. The van der Waals surface area contributed by atoms with E-state index >= 15 is 0 Å². The largest absolute Gasteiger partial charge is 0.316 e. The van der Waals surface area contributed by atoms with Crippen LogP contribution >= 0.6 is 0 Å². The van der Waals surface area contributed by atoms with Crippen molar-refractivity contribution in [3.8, 4) is 0 Å². The minimum absolute atomic E-state index is 0.712. The number of aryl methyl sites for hydroxylation is 1. The Morgan fingerprint density at radius 2 is 1.68 bits per heavy atom. The van der Waals surface area contributed by atoms with E-state index < -0.39 is 0 Å². The maximum Gasteiger partial charge on any atom is 0.229 e. The predicted octanol–water partition coefficient (Wildman–Crippen LogP) is 2.53. The number of aromatic nitrogens is 2. The van der Waals surface area contributed by atoms with Gasteiger partial charge < -0.3 is 10.2 Å². The number of hydrogen-bond acceptors (Lipinski definition) is 4. The van der Waals surface area contributed by atoms with Crippen molar-refractivity contribution in [2.75, 3.05) is 19.0 Å². The van der Waals surface area contributed by atoms with Gasteiger partial charge in [0, 0.05) is 37.2 Å². The minimum Gasteiger partial charge on any atom is -0.316 e. The van der Waals surface area contributed by atoms with Gasteiger partial charge in [-0.3, -0.25) is 0 Å². The lowest BCUT2D eigenvalue weighted by Crippen LogP contribution is -2.14. The van der Waals surface area contributed by atoms with E-state index in [1.807, 2.05) is 31.4 Å². The summed E-state index contributed by atoms with van der Waals surface area (Å²) < 4.78 is 0. The molecular formula is C15H20N4. The van der Waals surface area contributed by atoms with Gasteiger partial charge in [0.1, 0.15) is 0 Å². The van der Waals surface area contributed by atoms with Crippen LogP contribution in [0, 0.1) is 0 Å². The average Bonchev–Trinajstić information content (AvgIpc) is 2.48. The van der Waals surface area contributed by atoms with Gasteiger partial charge in [-0.05, 0) is 31.2 Å². The van der Waals surface area contributed by atoms with Crippen LogP contribution in [0.3, 0.4) is 0 Å². The summed E-state index contributed by atoms with van der Waals surface area (Å²) in [7, 11) is 3.89. The molecule has 0 bridgehead atoms. The van der Waals surface area contributed by atoms with Crippen LogP contribution in [-0.2, 0) is 13.0 Å². The summed E-state index contributed by atoms with van der Waals surface area (Å²) in [5.41, 5.74) is 3.52. The number of rotatable bonds is 5. The molecule has 0 unspecified atom stereocenters. The fraction of sp³-hybridized carbons (Fsp3) is 0.333. The normalized spacial score (nSPS) is 10.5. The van der Waals surface area contributed by atoms with E-state index in [0.29, 0.717) is 5.95 Å². The molecule has 0 fully saturated rings. The van der Waals surface area contributed by atoms with Gasteiger partial charge in [-0.15, -0.1) is 0 Å². The average molecular weight is 256 g/mol. The van der Waals surface area contributed by atoms with Crippen LogP contribution in [0.5, 0.6) is 0 Å². The van der Waals surface area contributed by atoms with Crippen LogP contribution in [0.2, 0.25) is 0 Å². The van der Waals surface area contributed by atoms with Gasteiger partial charge >= 0.3 is 0 Å². The SMILES string of the molecule is CCc1ccc(N(C)c2ncc(CNC)cn2)cc1. The highest BCUT2D eigenvalue weighted by atomic mass is 15.2. The number of benzene rings is 1. The molecule has 0 aliphatic heterocycles. The molecule has 0 atom stereocenters. The van der Waals surface area contributed by atoms with Gasteiger partial charge in [-0.1, -0.05) is 19.1 Å². The minimum atomic E-state index is 0.712. The topological polar surface area (TPSA) is 41.1 Å². The van der Waals surface area contributed by atoms with Crippen LogP contribution in [0.15, 0.2) is 36.7 Å². The van der Waals surface area contributed by atoms with Crippen molar-refractivity contribution in [1.82, 2.24) is 15.3 Å². The Labute approximate surface area is 114 Å². The first-order valence-corrected chi connectivity index (χ1v) is 6.52. The number of nitrogens with one attached hydrogen (secondary N) is 1. The quantitative estimate of drug-likeness (QED) is 0.892. The molecule has 0 saturated carbocycles. The van der Waals surface area contributed by atoms with E-state index in [1.165, 1.54) is 5.56 Å². The van der Waals surface area contributed by atoms with Crippen molar-refractivity contribution >= 4 is 11.6 Å². The second-order valence-corrected chi connectivity index (χ2v) is 4.50. The van der Waals surface area contributed by atoms with E-state index in [1.54, 1.807) is 0 Å². The molecule has 2 rings (SSSR count). The summed E-state index contributed by atoms with van der Waals surface area (Å²) in [5.74, 6) is 0.712. The van der Waals surface area contributed by atoms with Gasteiger partial charge in [-0.2, -0.15) is 0 Å². The third-order valence-electron chi connectivity index (χ3n) is 3.10. The summed E-state index contributed by atoms with van der Waals surface area (Å²) in [5, 5.41) is 3.08. The third-order valence-corrected chi connectivity index (χ3v) is 3.10. The van der Waals surface area contributed by atoms with E-state index in [-0.39, 0.29) is 0 Å². The molecule has 0 aliphatic carbocycles. The monoisotopic (exact) mass is 256 g/mol. The second-order valence-electron chi connectivity index (χ2n) is 4.50. The molecule has 1 aromatic heterocycles. The summed E-state index contributed by atoms with van der Waals surface area (Å²) in [6.07, 6.45) is 4.77. The Morgan fingerprint density at radius 3 is 2.21 bits per heavy atom. The van der Waals surface area contributed by atoms with Crippen LogP contribution in [0.4, 0.5) is 11.6 Å². The molecule has 1 N–H and O–H groups in total.